The Morgan fingerprint density at radius 2 is 1.88 bits per heavy atom. The number of amides is 1. The van der Waals surface area contributed by atoms with Gasteiger partial charge >= 0.3 is 0 Å². The highest BCUT2D eigenvalue weighted by Crippen LogP contribution is 2.26. The smallest absolute Gasteiger partial charge is 0.264 e. The van der Waals surface area contributed by atoms with Crippen LogP contribution < -0.4 is 0 Å². The zero-order valence-electron chi connectivity index (χ0n) is 8.87. The van der Waals surface area contributed by atoms with Gasteiger partial charge < -0.3 is 4.90 Å². The molecule has 0 aromatic heterocycles. The summed E-state index contributed by atoms with van der Waals surface area (Å²) in [4.78, 5) is 11.9. The Kier molecular flexibility index (Phi) is 4.01. The van der Waals surface area contributed by atoms with Gasteiger partial charge in [-0.05, 0) is 12.1 Å². The second-order valence-electron chi connectivity index (χ2n) is 3.40. The molecule has 8 heteroatoms. The van der Waals surface area contributed by atoms with Crippen LogP contribution in [0.3, 0.4) is 0 Å². The summed E-state index contributed by atoms with van der Waals surface area (Å²) in [5.74, 6) is -1.91. The summed E-state index contributed by atoms with van der Waals surface area (Å²) in [6.07, 6.45) is 0. The first-order valence-corrected chi connectivity index (χ1v) is 6.98. The van der Waals surface area contributed by atoms with Crippen molar-refractivity contribution in [3.63, 3.8) is 0 Å². The van der Waals surface area contributed by atoms with Crippen LogP contribution in [0.25, 0.3) is 0 Å². The highest BCUT2D eigenvalue weighted by atomic mass is 35.7. The van der Waals surface area contributed by atoms with Crippen molar-refractivity contribution < 1.29 is 17.6 Å². The van der Waals surface area contributed by atoms with Crippen LogP contribution in [0.2, 0.25) is 5.02 Å². The minimum atomic E-state index is -4.30. The lowest BCUT2D eigenvalue weighted by atomic mass is 10.2. The van der Waals surface area contributed by atoms with Crippen LogP contribution in [0.15, 0.2) is 17.0 Å². The highest BCUT2D eigenvalue weighted by molar-refractivity contribution is 8.13. The Morgan fingerprint density at radius 3 is 2.29 bits per heavy atom. The van der Waals surface area contributed by atoms with Crippen LogP contribution in [0.1, 0.15) is 10.4 Å². The third kappa shape index (κ3) is 3.08. The molecule has 0 spiro atoms. The average molecular weight is 300 g/mol. The number of carbonyl (C=O) groups is 1. The normalized spacial score (nSPS) is 11.4. The van der Waals surface area contributed by atoms with E-state index in [1.165, 1.54) is 14.1 Å². The number of carbonyl (C=O) groups excluding carboxylic acids is 1. The topological polar surface area (TPSA) is 54.5 Å². The molecule has 94 valence electrons. The third-order valence-electron chi connectivity index (χ3n) is 1.90. The van der Waals surface area contributed by atoms with Gasteiger partial charge in [0.25, 0.3) is 15.0 Å². The number of halogens is 3. The van der Waals surface area contributed by atoms with Crippen LogP contribution >= 0.6 is 22.3 Å². The maximum atomic E-state index is 13.8. The Morgan fingerprint density at radius 1 is 1.35 bits per heavy atom. The van der Waals surface area contributed by atoms with Crippen molar-refractivity contribution in [2.45, 2.75) is 4.90 Å². The van der Waals surface area contributed by atoms with Gasteiger partial charge in [0, 0.05) is 29.8 Å². The fraction of sp³-hybridized carbons (Fsp3) is 0.222. The van der Waals surface area contributed by atoms with Crippen LogP contribution in [-0.2, 0) is 9.05 Å². The molecule has 1 amide bonds. The monoisotopic (exact) mass is 299 g/mol. The van der Waals surface area contributed by atoms with Crippen molar-refractivity contribution in [1.82, 2.24) is 4.90 Å². The molecule has 0 radical (unpaired) electrons. The predicted molar refractivity (Wildman–Crippen MR) is 62.5 cm³/mol. The molecule has 4 nitrogen and oxygen atoms in total. The highest BCUT2D eigenvalue weighted by Gasteiger charge is 2.24. The molecule has 1 rings (SSSR count). The Hall–Kier alpha value is -0.850. The third-order valence-corrected chi connectivity index (χ3v) is 3.44. The van der Waals surface area contributed by atoms with Gasteiger partial charge in [-0.3, -0.25) is 4.79 Å². The second kappa shape index (κ2) is 4.80. The van der Waals surface area contributed by atoms with Gasteiger partial charge in [-0.1, -0.05) is 11.6 Å². The van der Waals surface area contributed by atoms with E-state index in [-0.39, 0.29) is 5.02 Å². The molecule has 0 aliphatic heterocycles. The zero-order valence-corrected chi connectivity index (χ0v) is 11.2. The Balaban J connectivity index is 3.56. The number of benzene rings is 1. The van der Waals surface area contributed by atoms with Gasteiger partial charge in [0.2, 0.25) is 0 Å². The molecule has 1 aromatic rings. The van der Waals surface area contributed by atoms with Gasteiger partial charge in [0.15, 0.2) is 5.82 Å². The van der Waals surface area contributed by atoms with Crippen molar-refractivity contribution in [1.29, 1.82) is 0 Å². The SMILES string of the molecule is CN(C)C(=O)c1cc(Cl)cc(S(=O)(=O)Cl)c1F. The fourth-order valence-corrected chi connectivity index (χ4v) is 2.35. The summed E-state index contributed by atoms with van der Waals surface area (Å²) in [6, 6.07) is 1.90. The first-order valence-electron chi connectivity index (χ1n) is 4.30. The molecular formula is C9H8Cl2FNO3S. The van der Waals surface area contributed by atoms with Crippen molar-refractivity contribution in [3.05, 3.63) is 28.5 Å². The first-order chi connectivity index (χ1) is 7.64. The summed E-state index contributed by atoms with van der Waals surface area (Å²) in [5.41, 5.74) is -0.443. The molecule has 1 aromatic carbocycles. The quantitative estimate of drug-likeness (QED) is 0.786. The van der Waals surface area contributed by atoms with Gasteiger partial charge in [-0.25, -0.2) is 12.8 Å². The minimum absolute atomic E-state index is 0.0872. The lowest BCUT2D eigenvalue weighted by molar-refractivity contribution is 0.0822. The van der Waals surface area contributed by atoms with Crippen LogP contribution in [0.5, 0.6) is 0 Å². The standard InChI is InChI=1S/C9H8Cl2FNO3S/c1-13(2)9(14)6-3-5(10)4-7(8(6)12)17(11,15)16/h3-4H,1-2H3. The van der Waals surface area contributed by atoms with E-state index in [1.807, 2.05) is 0 Å². The number of nitrogens with zero attached hydrogens (tertiary/aromatic N) is 1. The molecule has 0 bridgehead atoms. The van der Waals surface area contributed by atoms with E-state index in [0.29, 0.717) is 0 Å². The molecule has 17 heavy (non-hydrogen) atoms. The van der Waals surface area contributed by atoms with E-state index in [1.54, 1.807) is 0 Å². The van der Waals surface area contributed by atoms with E-state index >= 15 is 0 Å². The predicted octanol–water partition coefficient (Wildman–Crippen LogP) is 2.11. The van der Waals surface area contributed by atoms with Crippen LogP contribution in [0.4, 0.5) is 4.39 Å². The van der Waals surface area contributed by atoms with E-state index in [4.69, 9.17) is 22.3 Å². The van der Waals surface area contributed by atoms with Crippen LogP contribution in [-0.4, -0.2) is 33.3 Å². The molecule has 0 heterocycles. The summed E-state index contributed by atoms with van der Waals surface area (Å²) in [5, 5.41) is -0.0872. The van der Waals surface area contributed by atoms with Gasteiger partial charge in [-0.15, -0.1) is 0 Å². The number of hydrogen-bond donors (Lipinski definition) is 0. The molecule has 0 saturated heterocycles. The molecule has 0 fully saturated rings. The van der Waals surface area contributed by atoms with E-state index in [0.717, 1.165) is 17.0 Å². The van der Waals surface area contributed by atoms with E-state index < -0.39 is 31.2 Å². The lowest BCUT2D eigenvalue weighted by Gasteiger charge is -2.12. The molecule has 0 atom stereocenters. The lowest BCUT2D eigenvalue weighted by Crippen LogP contribution is -2.23. The average Bonchev–Trinajstić information content (AvgIpc) is 2.18. The summed E-state index contributed by atoms with van der Waals surface area (Å²) in [7, 11) is 3.55. The van der Waals surface area contributed by atoms with Crippen molar-refractivity contribution in [3.8, 4) is 0 Å². The number of rotatable bonds is 2. The second-order valence-corrected chi connectivity index (χ2v) is 6.37. The largest absolute Gasteiger partial charge is 0.345 e. The van der Waals surface area contributed by atoms with E-state index in [9.17, 15) is 17.6 Å². The van der Waals surface area contributed by atoms with Crippen LogP contribution in [0, 0.1) is 5.82 Å². The van der Waals surface area contributed by atoms with Crippen molar-refractivity contribution in [2.75, 3.05) is 14.1 Å². The van der Waals surface area contributed by atoms with Gasteiger partial charge in [0.05, 0.1) is 5.56 Å². The van der Waals surface area contributed by atoms with Gasteiger partial charge in [0.1, 0.15) is 4.90 Å². The summed E-state index contributed by atoms with van der Waals surface area (Å²) in [6.45, 7) is 0. The number of hydrogen-bond acceptors (Lipinski definition) is 3. The Bertz CT molecular complexity index is 572. The molecule has 0 aliphatic carbocycles. The minimum Gasteiger partial charge on any atom is -0.345 e. The van der Waals surface area contributed by atoms with Crippen molar-refractivity contribution >= 4 is 37.2 Å². The molecule has 0 aliphatic rings. The summed E-state index contributed by atoms with van der Waals surface area (Å²) >= 11 is 5.62. The fourth-order valence-electron chi connectivity index (χ4n) is 1.14. The molecule has 0 saturated carbocycles. The Labute approximate surface area is 107 Å². The van der Waals surface area contributed by atoms with E-state index in [2.05, 4.69) is 0 Å². The summed E-state index contributed by atoms with van der Waals surface area (Å²) < 4.78 is 36.0. The molecular weight excluding hydrogens is 292 g/mol. The van der Waals surface area contributed by atoms with Gasteiger partial charge in [-0.2, -0.15) is 0 Å². The molecule has 0 N–H and O–H groups in total. The van der Waals surface area contributed by atoms with Crippen molar-refractivity contribution in [2.24, 2.45) is 0 Å². The zero-order chi connectivity index (χ0) is 13.4. The maximum absolute atomic E-state index is 13.8. The molecule has 0 unspecified atom stereocenters. The first kappa shape index (κ1) is 14.2. The maximum Gasteiger partial charge on any atom is 0.264 e.